The van der Waals surface area contributed by atoms with Crippen LogP contribution in [0.15, 0.2) is 199 Å². The molecule has 0 spiro atoms. The van der Waals surface area contributed by atoms with E-state index in [1.54, 1.807) is 0 Å². The Labute approximate surface area is 306 Å². The number of hydrogen-bond donors (Lipinski definition) is 0. The molecule has 11 aromatic rings. The molecule has 3 nitrogen and oxygen atoms in total. The molecular formula is C50H32N2O. The molecule has 0 radical (unpaired) electrons. The number of aromatic nitrogens is 1. The lowest BCUT2D eigenvalue weighted by Crippen LogP contribution is -2.10. The zero-order valence-corrected chi connectivity index (χ0v) is 28.8. The topological polar surface area (TPSA) is 21.3 Å². The number of benzene rings is 9. The highest BCUT2D eigenvalue weighted by Crippen LogP contribution is 2.44. The van der Waals surface area contributed by atoms with E-state index in [0.717, 1.165) is 50.1 Å². The highest BCUT2D eigenvalue weighted by molar-refractivity contribution is 6.20. The normalized spacial score (nSPS) is 11.8. The lowest BCUT2D eigenvalue weighted by molar-refractivity contribution is 0.672. The third kappa shape index (κ3) is 4.61. The summed E-state index contributed by atoms with van der Waals surface area (Å²) >= 11 is 0. The second-order valence-corrected chi connectivity index (χ2v) is 13.7. The Morgan fingerprint density at radius 3 is 1.75 bits per heavy atom. The van der Waals surface area contributed by atoms with Gasteiger partial charge in [-0.2, -0.15) is 0 Å². The molecule has 11 rings (SSSR count). The Morgan fingerprint density at radius 1 is 0.396 bits per heavy atom. The van der Waals surface area contributed by atoms with Crippen molar-refractivity contribution < 1.29 is 4.42 Å². The molecule has 0 aliphatic carbocycles. The van der Waals surface area contributed by atoms with Crippen molar-refractivity contribution in [2.45, 2.75) is 0 Å². The summed E-state index contributed by atoms with van der Waals surface area (Å²) in [4.78, 5) is 2.38. The maximum Gasteiger partial charge on any atom is 0.143 e. The van der Waals surface area contributed by atoms with Gasteiger partial charge in [0.1, 0.15) is 11.2 Å². The smallest absolute Gasteiger partial charge is 0.143 e. The number of fused-ring (bicyclic) bond motifs is 9. The van der Waals surface area contributed by atoms with Crippen LogP contribution in [-0.4, -0.2) is 4.57 Å². The Kier molecular flexibility index (Phi) is 6.55. The van der Waals surface area contributed by atoms with Crippen LogP contribution in [0.4, 0.5) is 17.1 Å². The second-order valence-electron chi connectivity index (χ2n) is 13.7. The van der Waals surface area contributed by atoms with E-state index in [4.69, 9.17) is 4.42 Å². The molecule has 0 aliphatic rings. The first-order valence-corrected chi connectivity index (χ1v) is 18.1. The van der Waals surface area contributed by atoms with Gasteiger partial charge in [-0.05, 0) is 88.6 Å². The minimum Gasteiger partial charge on any atom is -0.455 e. The number of hydrogen-bond acceptors (Lipinski definition) is 2. The van der Waals surface area contributed by atoms with Gasteiger partial charge in [0, 0.05) is 49.4 Å². The lowest BCUT2D eigenvalue weighted by atomic mass is 9.95. The fourth-order valence-electron chi connectivity index (χ4n) is 8.36. The van der Waals surface area contributed by atoms with Crippen LogP contribution in [0, 0.1) is 0 Å². The molecule has 3 heteroatoms. The number of nitrogens with zero attached hydrogens (tertiary/aromatic N) is 2. The number of para-hydroxylation sites is 2. The minimum absolute atomic E-state index is 0.874. The van der Waals surface area contributed by atoms with Crippen LogP contribution in [0.5, 0.6) is 0 Å². The van der Waals surface area contributed by atoms with E-state index < -0.39 is 0 Å². The summed E-state index contributed by atoms with van der Waals surface area (Å²) in [5.41, 5.74) is 11.0. The van der Waals surface area contributed by atoms with E-state index >= 15 is 0 Å². The van der Waals surface area contributed by atoms with Gasteiger partial charge >= 0.3 is 0 Å². The Bertz CT molecular complexity index is 3110. The van der Waals surface area contributed by atoms with Crippen molar-refractivity contribution in [3.63, 3.8) is 0 Å². The fourth-order valence-corrected chi connectivity index (χ4v) is 8.36. The monoisotopic (exact) mass is 676 g/mol. The average Bonchev–Trinajstić information content (AvgIpc) is 3.77. The molecule has 0 amide bonds. The summed E-state index contributed by atoms with van der Waals surface area (Å²) < 4.78 is 9.05. The summed E-state index contributed by atoms with van der Waals surface area (Å²) in [5, 5.41) is 9.41. The van der Waals surface area contributed by atoms with Gasteiger partial charge in [-0.1, -0.05) is 127 Å². The highest BCUT2D eigenvalue weighted by atomic mass is 16.3. The van der Waals surface area contributed by atoms with Crippen molar-refractivity contribution in [2.75, 3.05) is 4.90 Å². The van der Waals surface area contributed by atoms with Gasteiger partial charge in [-0.15, -0.1) is 0 Å². The van der Waals surface area contributed by atoms with Crippen LogP contribution in [-0.2, 0) is 0 Å². The molecule has 9 aromatic carbocycles. The van der Waals surface area contributed by atoms with E-state index in [1.165, 1.54) is 49.1 Å². The third-order valence-electron chi connectivity index (χ3n) is 10.8. The Morgan fingerprint density at radius 2 is 1.00 bits per heavy atom. The van der Waals surface area contributed by atoms with Gasteiger partial charge in [0.15, 0.2) is 0 Å². The molecule has 0 aliphatic heterocycles. The van der Waals surface area contributed by atoms with E-state index in [0.29, 0.717) is 0 Å². The van der Waals surface area contributed by atoms with E-state index in [2.05, 4.69) is 204 Å². The predicted molar refractivity (Wildman–Crippen MR) is 223 cm³/mol. The highest BCUT2D eigenvalue weighted by Gasteiger charge is 2.20. The largest absolute Gasteiger partial charge is 0.455 e. The van der Waals surface area contributed by atoms with Crippen LogP contribution < -0.4 is 4.90 Å². The van der Waals surface area contributed by atoms with Gasteiger partial charge in [0.25, 0.3) is 0 Å². The van der Waals surface area contributed by atoms with E-state index in [1.807, 2.05) is 0 Å². The molecule has 248 valence electrons. The third-order valence-corrected chi connectivity index (χ3v) is 10.8. The number of anilines is 3. The van der Waals surface area contributed by atoms with Crippen molar-refractivity contribution in [2.24, 2.45) is 0 Å². The molecular weight excluding hydrogens is 645 g/mol. The van der Waals surface area contributed by atoms with Crippen LogP contribution in [0.3, 0.4) is 0 Å². The van der Waals surface area contributed by atoms with Gasteiger partial charge < -0.3 is 13.9 Å². The van der Waals surface area contributed by atoms with Crippen LogP contribution in [0.25, 0.3) is 82.1 Å². The minimum atomic E-state index is 0.874. The number of furan rings is 1. The van der Waals surface area contributed by atoms with E-state index in [9.17, 15) is 0 Å². The summed E-state index contributed by atoms with van der Waals surface area (Å²) in [6.07, 6.45) is 0. The summed E-state index contributed by atoms with van der Waals surface area (Å²) in [6.45, 7) is 0. The fraction of sp³-hybridized carbons (Fsp3) is 0. The van der Waals surface area contributed by atoms with Crippen molar-refractivity contribution in [1.82, 2.24) is 4.57 Å². The van der Waals surface area contributed by atoms with Crippen molar-refractivity contribution in [1.29, 1.82) is 0 Å². The Hall–Kier alpha value is -7.10. The molecule has 0 fully saturated rings. The van der Waals surface area contributed by atoms with Crippen LogP contribution in [0.1, 0.15) is 0 Å². The first-order valence-electron chi connectivity index (χ1n) is 18.1. The molecule has 0 N–H and O–H groups in total. The molecule has 0 saturated carbocycles. The maximum absolute atomic E-state index is 6.68. The summed E-state index contributed by atoms with van der Waals surface area (Å²) in [7, 11) is 0. The summed E-state index contributed by atoms with van der Waals surface area (Å²) in [6, 6.07) is 69.7. The predicted octanol–water partition coefficient (Wildman–Crippen LogP) is 14.1. The van der Waals surface area contributed by atoms with Crippen molar-refractivity contribution in [3.8, 4) is 16.8 Å². The molecule has 2 aromatic heterocycles. The number of rotatable bonds is 5. The standard InChI is InChI=1S/C50H32N2O/c1-2-13-34(14-3-1)43-32-45-44-31-37(29-30-49(44)53-50(45)42-21-7-6-18-39(42)43)51(46-24-12-16-33-15-4-5-17-38(33)46)35-25-27-36(28-26-35)52-47-22-10-8-19-40(47)41-20-9-11-23-48(41)52/h1-32H. The zero-order chi connectivity index (χ0) is 34.9. The SMILES string of the molecule is c1ccc(-c2cc3c4cc(N(c5ccc(-n6c7ccccc7c7ccccc76)cc5)c5cccc6ccccc56)ccc4oc3c3ccccc23)cc1. The first kappa shape index (κ1) is 29.6. The van der Waals surface area contributed by atoms with Gasteiger partial charge in [0.2, 0.25) is 0 Å². The van der Waals surface area contributed by atoms with Crippen LogP contribution >= 0.6 is 0 Å². The van der Waals surface area contributed by atoms with Crippen LogP contribution in [0.2, 0.25) is 0 Å². The van der Waals surface area contributed by atoms with Gasteiger partial charge in [0.05, 0.1) is 16.7 Å². The van der Waals surface area contributed by atoms with Crippen molar-refractivity contribution >= 4 is 82.4 Å². The average molecular weight is 677 g/mol. The summed E-state index contributed by atoms with van der Waals surface area (Å²) in [5.74, 6) is 0. The molecule has 0 saturated heterocycles. The maximum atomic E-state index is 6.68. The second kappa shape index (κ2) is 11.7. The Balaban J connectivity index is 1.13. The molecule has 53 heavy (non-hydrogen) atoms. The zero-order valence-electron chi connectivity index (χ0n) is 28.8. The molecule has 0 unspecified atom stereocenters. The van der Waals surface area contributed by atoms with E-state index in [-0.39, 0.29) is 0 Å². The van der Waals surface area contributed by atoms with Gasteiger partial charge in [-0.25, -0.2) is 0 Å². The van der Waals surface area contributed by atoms with Crippen molar-refractivity contribution in [3.05, 3.63) is 194 Å². The molecule has 0 bridgehead atoms. The molecule has 0 atom stereocenters. The lowest BCUT2D eigenvalue weighted by Gasteiger charge is -2.27. The van der Waals surface area contributed by atoms with Gasteiger partial charge in [-0.3, -0.25) is 0 Å². The first-order chi connectivity index (χ1) is 26.3. The quantitative estimate of drug-likeness (QED) is 0.181. The molecule has 2 heterocycles.